The number of rotatable bonds is 1. The van der Waals surface area contributed by atoms with E-state index in [1.165, 1.54) is 0 Å². The van der Waals surface area contributed by atoms with Crippen molar-refractivity contribution in [3.8, 4) is 11.1 Å². The molecule has 0 unspecified atom stereocenters. The third kappa shape index (κ3) is 1.83. The number of pyridine rings is 1. The lowest BCUT2D eigenvalue weighted by atomic mass is 10.0. The molecular weight excluding hydrogens is 246 g/mol. The van der Waals surface area contributed by atoms with E-state index in [1.807, 2.05) is 31.3 Å². The molecule has 0 radical (unpaired) electrons. The molecule has 0 bridgehead atoms. The summed E-state index contributed by atoms with van der Waals surface area (Å²) >= 11 is 6.14. The van der Waals surface area contributed by atoms with Crippen LogP contribution in [0.15, 0.2) is 43.0 Å². The molecule has 18 heavy (non-hydrogen) atoms. The molecule has 2 aromatic heterocycles. The van der Waals surface area contributed by atoms with Crippen LogP contribution in [0, 0.1) is 6.92 Å². The van der Waals surface area contributed by atoms with Crippen LogP contribution in [-0.4, -0.2) is 15.0 Å². The maximum absolute atomic E-state index is 6.14. The van der Waals surface area contributed by atoms with Crippen molar-refractivity contribution in [2.45, 2.75) is 6.92 Å². The summed E-state index contributed by atoms with van der Waals surface area (Å²) in [5, 5.41) is 0.661. The molecule has 0 saturated heterocycles. The molecule has 4 heteroatoms. The third-order valence-corrected chi connectivity index (χ3v) is 3.07. The van der Waals surface area contributed by atoms with Crippen LogP contribution in [0.25, 0.3) is 22.2 Å². The first-order chi connectivity index (χ1) is 8.75. The quantitative estimate of drug-likeness (QED) is 0.666. The monoisotopic (exact) mass is 255 g/mol. The van der Waals surface area contributed by atoms with Gasteiger partial charge in [-0.1, -0.05) is 11.6 Å². The number of fused-ring (bicyclic) bond motifs is 1. The summed E-state index contributed by atoms with van der Waals surface area (Å²) in [6, 6.07) is 5.71. The first kappa shape index (κ1) is 11.1. The molecule has 0 aliphatic carbocycles. The van der Waals surface area contributed by atoms with Gasteiger partial charge in [0.25, 0.3) is 0 Å². The molecule has 3 aromatic rings. The summed E-state index contributed by atoms with van der Waals surface area (Å²) in [5.41, 5.74) is 4.82. The minimum atomic E-state index is 0.661. The molecule has 0 atom stereocenters. The van der Waals surface area contributed by atoms with Gasteiger partial charge in [-0.15, -0.1) is 0 Å². The smallest absolute Gasteiger partial charge is 0.0966 e. The highest BCUT2D eigenvalue weighted by Gasteiger charge is 2.09. The Morgan fingerprint density at radius 3 is 2.67 bits per heavy atom. The summed E-state index contributed by atoms with van der Waals surface area (Å²) in [4.78, 5) is 12.8. The fourth-order valence-electron chi connectivity index (χ4n) is 2.02. The molecule has 0 aliphatic heterocycles. The number of nitrogens with zero attached hydrogens (tertiary/aromatic N) is 3. The van der Waals surface area contributed by atoms with Crippen molar-refractivity contribution in [2.24, 2.45) is 0 Å². The van der Waals surface area contributed by atoms with Gasteiger partial charge in [-0.2, -0.15) is 0 Å². The molecule has 0 fully saturated rings. The van der Waals surface area contributed by atoms with E-state index in [9.17, 15) is 0 Å². The summed E-state index contributed by atoms with van der Waals surface area (Å²) in [6.45, 7) is 2.02. The Balaban J connectivity index is 2.39. The minimum absolute atomic E-state index is 0.661. The van der Waals surface area contributed by atoms with Crippen molar-refractivity contribution in [1.29, 1.82) is 0 Å². The Kier molecular flexibility index (Phi) is 2.68. The predicted molar refractivity (Wildman–Crippen MR) is 72.5 cm³/mol. The Bertz CT molecular complexity index is 725. The average Bonchev–Trinajstić information content (AvgIpc) is 2.38. The van der Waals surface area contributed by atoms with Crippen LogP contribution in [0.4, 0.5) is 0 Å². The van der Waals surface area contributed by atoms with Gasteiger partial charge in [-0.3, -0.25) is 15.0 Å². The zero-order valence-corrected chi connectivity index (χ0v) is 10.5. The van der Waals surface area contributed by atoms with Gasteiger partial charge in [0.1, 0.15) is 0 Å². The van der Waals surface area contributed by atoms with Gasteiger partial charge < -0.3 is 0 Å². The molecule has 2 heterocycles. The van der Waals surface area contributed by atoms with E-state index in [0.717, 1.165) is 27.7 Å². The van der Waals surface area contributed by atoms with Crippen LogP contribution in [0.1, 0.15) is 5.56 Å². The van der Waals surface area contributed by atoms with E-state index in [0.29, 0.717) is 5.02 Å². The summed E-state index contributed by atoms with van der Waals surface area (Å²) in [7, 11) is 0. The lowest BCUT2D eigenvalue weighted by molar-refractivity contribution is 1.26. The largest absolute Gasteiger partial charge is 0.264 e. The maximum atomic E-state index is 6.14. The van der Waals surface area contributed by atoms with E-state index >= 15 is 0 Å². The number of aryl methyl sites for hydroxylation is 1. The van der Waals surface area contributed by atoms with E-state index < -0.39 is 0 Å². The molecule has 0 aliphatic rings. The van der Waals surface area contributed by atoms with E-state index in [-0.39, 0.29) is 0 Å². The highest BCUT2D eigenvalue weighted by molar-refractivity contribution is 6.31. The molecule has 0 N–H and O–H groups in total. The van der Waals surface area contributed by atoms with Crippen molar-refractivity contribution >= 4 is 22.6 Å². The first-order valence-electron chi connectivity index (χ1n) is 5.57. The second kappa shape index (κ2) is 4.35. The number of hydrogen-bond acceptors (Lipinski definition) is 3. The van der Waals surface area contributed by atoms with Crippen LogP contribution in [0.5, 0.6) is 0 Å². The van der Waals surface area contributed by atoms with Crippen molar-refractivity contribution in [3.05, 3.63) is 53.6 Å². The molecule has 0 amide bonds. The van der Waals surface area contributed by atoms with E-state index in [1.54, 1.807) is 18.6 Å². The van der Waals surface area contributed by atoms with Gasteiger partial charge in [-0.05, 0) is 36.2 Å². The van der Waals surface area contributed by atoms with Crippen LogP contribution in [0.2, 0.25) is 5.02 Å². The first-order valence-corrected chi connectivity index (χ1v) is 5.95. The van der Waals surface area contributed by atoms with E-state index in [4.69, 9.17) is 11.6 Å². The zero-order chi connectivity index (χ0) is 12.5. The maximum Gasteiger partial charge on any atom is 0.0966 e. The summed E-state index contributed by atoms with van der Waals surface area (Å²) in [6.07, 6.45) is 6.96. The third-order valence-electron chi connectivity index (χ3n) is 2.85. The molecular formula is C14H10ClN3. The predicted octanol–water partition coefficient (Wildman–Crippen LogP) is 3.65. The highest BCUT2D eigenvalue weighted by Crippen LogP contribution is 2.31. The molecule has 0 saturated carbocycles. The number of aromatic nitrogens is 3. The van der Waals surface area contributed by atoms with Gasteiger partial charge in [0, 0.05) is 35.4 Å². The van der Waals surface area contributed by atoms with E-state index in [2.05, 4.69) is 15.0 Å². The number of benzene rings is 1. The van der Waals surface area contributed by atoms with Gasteiger partial charge in [-0.25, -0.2) is 0 Å². The Morgan fingerprint density at radius 1 is 1.00 bits per heavy atom. The minimum Gasteiger partial charge on any atom is -0.264 e. The summed E-state index contributed by atoms with van der Waals surface area (Å²) < 4.78 is 0. The Morgan fingerprint density at radius 2 is 1.83 bits per heavy atom. The van der Waals surface area contributed by atoms with Gasteiger partial charge in [0.2, 0.25) is 0 Å². The number of hydrogen-bond donors (Lipinski definition) is 0. The van der Waals surface area contributed by atoms with Gasteiger partial charge >= 0.3 is 0 Å². The Hall–Kier alpha value is -2.00. The molecule has 88 valence electrons. The topological polar surface area (TPSA) is 38.7 Å². The van der Waals surface area contributed by atoms with Crippen molar-refractivity contribution in [3.63, 3.8) is 0 Å². The fourth-order valence-corrected chi connectivity index (χ4v) is 2.23. The average molecular weight is 256 g/mol. The van der Waals surface area contributed by atoms with Gasteiger partial charge in [0.15, 0.2) is 0 Å². The zero-order valence-electron chi connectivity index (χ0n) is 9.76. The molecule has 3 nitrogen and oxygen atoms in total. The lowest BCUT2D eigenvalue weighted by Crippen LogP contribution is -1.90. The van der Waals surface area contributed by atoms with Gasteiger partial charge in [0.05, 0.1) is 11.0 Å². The molecule has 0 spiro atoms. The van der Waals surface area contributed by atoms with Crippen LogP contribution in [-0.2, 0) is 0 Å². The summed E-state index contributed by atoms with van der Waals surface area (Å²) in [5.74, 6) is 0. The molecule has 1 aromatic carbocycles. The highest BCUT2D eigenvalue weighted by atomic mass is 35.5. The van der Waals surface area contributed by atoms with Crippen molar-refractivity contribution in [2.75, 3.05) is 0 Å². The SMILES string of the molecule is Cc1cnccc1-c1cc(Cl)cc2nccnc12. The van der Waals surface area contributed by atoms with Crippen molar-refractivity contribution in [1.82, 2.24) is 15.0 Å². The fraction of sp³-hybridized carbons (Fsp3) is 0.0714. The second-order valence-electron chi connectivity index (χ2n) is 4.07. The lowest BCUT2D eigenvalue weighted by Gasteiger charge is -2.08. The number of halogens is 1. The normalized spacial score (nSPS) is 10.8. The van der Waals surface area contributed by atoms with Crippen molar-refractivity contribution < 1.29 is 0 Å². The van der Waals surface area contributed by atoms with Crippen LogP contribution >= 0.6 is 11.6 Å². The molecule has 3 rings (SSSR count). The second-order valence-corrected chi connectivity index (χ2v) is 4.50. The van der Waals surface area contributed by atoms with Crippen LogP contribution < -0.4 is 0 Å². The standard InChI is InChI=1S/C14H10ClN3/c1-9-8-16-3-2-11(9)12-6-10(15)7-13-14(12)18-5-4-17-13/h2-8H,1H3. The Labute approximate surface area is 109 Å². The van der Waals surface area contributed by atoms with Crippen LogP contribution in [0.3, 0.4) is 0 Å².